The van der Waals surface area contributed by atoms with Crippen molar-refractivity contribution in [2.45, 2.75) is 52.7 Å². The molecule has 0 spiro atoms. The number of hydrogen-bond donors (Lipinski definition) is 1. The van der Waals surface area contributed by atoms with Gasteiger partial charge in [0.1, 0.15) is 0 Å². The van der Waals surface area contributed by atoms with Crippen molar-refractivity contribution in [2.24, 2.45) is 5.92 Å². The molecule has 1 atom stereocenters. The Bertz CT molecular complexity index is 132. The van der Waals surface area contributed by atoms with Crippen molar-refractivity contribution in [3.05, 3.63) is 0 Å². The molecule has 0 bridgehead atoms. The number of likely N-dealkylation sites (N-methyl/N-ethyl adjacent to an activating group) is 1. The number of methoxy groups -OCH3 is 1. The predicted octanol–water partition coefficient (Wildman–Crippen LogP) is 2.44. The van der Waals surface area contributed by atoms with E-state index in [0.717, 1.165) is 13.0 Å². The van der Waals surface area contributed by atoms with Gasteiger partial charge >= 0.3 is 0 Å². The van der Waals surface area contributed by atoms with Gasteiger partial charge in [-0.25, -0.2) is 0 Å². The molecule has 13 heavy (non-hydrogen) atoms. The maximum Gasteiger partial charge on any atom is 0.0775 e. The van der Waals surface area contributed by atoms with Crippen LogP contribution in [0.5, 0.6) is 0 Å². The molecule has 0 rings (SSSR count). The van der Waals surface area contributed by atoms with E-state index in [9.17, 15) is 0 Å². The lowest BCUT2D eigenvalue weighted by atomic mass is 9.90. The van der Waals surface area contributed by atoms with Gasteiger partial charge in [0.2, 0.25) is 0 Å². The van der Waals surface area contributed by atoms with Crippen LogP contribution in [-0.2, 0) is 4.74 Å². The molecule has 0 heterocycles. The summed E-state index contributed by atoms with van der Waals surface area (Å²) in [6, 6.07) is 0.447. The molecule has 2 nitrogen and oxygen atoms in total. The van der Waals surface area contributed by atoms with E-state index in [0.29, 0.717) is 12.0 Å². The Morgan fingerprint density at radius 1 is 1.31 bits per heavy atom. The average Bonchev–Trinajstić information content (AvgIpc) is 2.03. The highest BCUT2D eigenvalue weighted by molar-refractivity contribution is 4.85. The molecule has 0 aliphatic carbocycles. The van der Waals surface area contributed by atoms with Gasteiger partial charge in [-0.3, -0.25) is 0 Å². The van der Waals surface area contributed by atoms with Crippen molar-refractivity contribution >= 4 is 0 Å². The first-order valence-corrected chi connectivity index (χ1v) is 5.22. The summed E-state index contributed by atoms with van der Waals surface area (Å²) in [6.45, 7) is 11.9. The summed E-state index contributed by atoms with van der Waals surface area (Å²) in [5.41, 5.74) is -0.0692. The van der Waals surface area contributed by atoms with E-state index in [1.54, 1.807) is 7.11 Å². The fraction of sp³-hybridized carbons (Fsp3) is 1.00. The molecule has 0 saturated heterocycles. The summed E-state index contributed by atoms with van der Waals surface area (Å²) < 4.78 is 5.49. The zero-order valence-corrected chi connectivity index (χ0v) is 9.98. The van der Waals surface area contributed by atoms with Crippen LogP contribution in [-0.4, -0.2) is 25.3 Å². The zero-order chi connectivity index (χ0) is 10.5. The molecule has 0 amide bonds. The minimum atomic E-state index is -0.0692. The Kier molecular flexibility index (Phi) is 5.57. The van der Waals surface area contributed by atoms with Crippen LogP contribution in [0, 0.1) is 5.92 Å². The van der Waals surface area contributed by atoms with Crippen molar-refractivity contribution < 1.29 is 4.74 Å². The number of ether oxygens (including phenoxy) is 1. The standard InChI is InChI=1S/C11H25NO/c1-7-12-10(8-9(2)3)11(4,5)13-6/h9-10,12H,7-8H2,1-6H3. The molecule has 0 fully saturated rings. The third-order valence-corrected chi connectivity index (χ3v) is 2.52. The van der Waals surface area contributed by atoms with E-state index < -0.39 is 0 Å². The zero-order valence-electron chi connectivity index (χ0n) is 9.98. The van der Waals surface area contributed by atoms with Gasteiger partial charge in [-0.05, 0) is 32.7 Å². The van der Waals surface area contributed by atoms with Crippen molar-refractivity contribution in [3.63, 3.8) is 0 Å². The molecule has 0 saturated carbocycles. The van der Waals surface area contributed by atoms with Crippen molar-refractivity contribution in [3.8, 4) is 0 Å². The molecule has 0 aromatic carbocycles. The molecule has 0 radical (unpaired) electrons. The second-order valence-electron chi connectivity index (χ2n) is 4.55. The Labute approximate surface area is 83.1 Å². The van der Waals surface area contributed by atoms with Gasteiger partial charge in [-0.15, -0.1) is 0 Å². The quantitative estimate of drug-likeness (QED) is 0.689. The third-order valence-electron chi connectivity index (χ3n) is 2.52. The molecule has 0 aliphatic heterocycles. The predicted molar refractivity (Wildman–Crippen MR) is 58.0 cm³/mol. The maximum atomic E-state index is 5.49. The molecule has 1 unspecified atom stereocenters. The van der Waals surface area contributed by atoms with Crippen LogP contribution in [0.2, 0.25) is 0 Å². The molecule has 2 heteroatoms. The fourth-order valence-corrected chi connectivity index (χ4v) is 1.47. The lowest BCUT2D eigenvalue weighted by Crippen LogP contribution is -2.48. The van der Waals surface area contributed by atoms with Gasteiger partial charge in [0, 0.05) is 13.2 Å². The molecular weight excluding hydrogens is 162 g/mol. The Morgan fingerprint density at radius 3 is 2.15 bits per heavy atom. The van der Waals surface area contributed by atoms with E-state index in [4.69, 9.17) is 4.74 Å². The Hall–Kier alpha value is -0.0800. The topological polar surface area (TPSA) is 21.3 Å². The lowest BCUT2D eigenvalue weighted by Gasteiger charge is -2.34. The SMILES string of the molecule is CCNC(CC(C)C)C(C)(C)OC. The molecule has 80 valence electrons. The van der Waals surface area contributed by atoms with Gasteiger partial charge in [0.05, 0.1) is 5.60 Å². The van der Waals surface area contributed by atoms with E-state index >= 15 is 0 Å². The third kappa shape index (κ3) is 4.63. The summed E-state index contributed by atoms with van der Waals surface area (Å²) in [5, 5.41) is 3.48. The highest BCUT2D eigenvalue weighted by Gasteiger charge is 2.28. The second-order valence-corrected chi connectivity index (χ2v) is 4.55. The number of nitrogens with one attached hydrogen (secondary N) is 1. The van der Waals surface area contributed by atoms with Gasteiger partial charge in [0.15, 0.2) is 0 Å². The molecule has 0 aromatic heterocycles. The molecule has 0 aliphatic rings. The molecule has 0 aromatic rings. The van der Waals surface area contributed by atoms with Crippen molar-refractivity contribution in [1.82, 2.24) is 5.32 Å². The number of hydrogen-bond acceptors (Lipinski definition) is 2. The van der Waals surface area contributed by atoms with Gasteiger partial charge in [-0.2, -0.15) is 0 Å². The van der Waals surface area contributed by atoms with Crippen LogP contribution in [0.1, 0.15) is 41.0 Å². The van der Waals surface area contributed by atoms with Crippen LogP contribution in [0.15, 0.2) is 0 Å². The van der Waals surface area contributed by atoms with Crippen LogP contribution in [0.4, 0.5) is 0 Å². The van der Waals surface area contributed by atoms with Crippen molar-refractivity contribution in [1.29, 1.82) is 0 Å². The highest BCUT2D eigenvalue weighted by Crippen LogP contribution is 2.19. The first-order chi connectivity index (χ1) is 5.94. The monoisotopic (exact) mass is 187 g/mol. The van der Waals surface area contributed by atoms with Crippen LogP contribution in [0.25, 0.3) is 0 Å². The summed E-state index contributed by atoms with van der Waals surface area (Å²) in [7, 11) is 1.78. The van der Waals surface area contributed by atoms with E-state index in [-0.39, 0.29) is 5.60 Å². The van der Waals surface area contributed by atoms with E-state index in [1.165, 1.54) is 0 Å². The van der Waals surface area contributed by atoms with Gasteiger partial charge < -0.3 is 10.1 Å². The minimum Gasteiger partial charge on any atom is -0.377 e. The minimum absolute atomic E-state index is 0.0692. The Morgan fingerprint density at radius 2 is 1.85 bits per heavy atom. The lowest BCUT2D eigenvalue weighted by molar-refractivity contribution is -0.0152. The van der Waals surface area contributed by atoms with Crippen molar-refractivity contribution in [2.75, 3.05) is 13.7 Å². The summed E-state index contributed by atoms with van der Waals surface area (Å²) >= 11 is 0. The summed E-state index contributed by atoms with van der Waals surface area (Å²) in [6.07, 6.45) is 1.16. The van der Waals surface area contributed by atoms with Gasteiger partial charge in [0.25, 0.3) is 0 Å². The number of rotatable bonds is 6. The Balaban J connectivity index is 4.22. The highest BCUT2D eigenvalue weighted by atomic mass is 16.5. The summed E-state index contributed by atoms with van der Waals surface area (Å²) in [5.74, 6) is 0.707. The normalized spacial score (nSPS) is 15.0. The molecular formula is C11H25NO. The van der Waals surface area contributed by atoms with Crippen LogP contribution >= 0.6 is 0 Å². The first kappa shape index (κ1) is 12.9. The second kappa shape index (κ2) is 5.61. The fourth-order valence-electron chi connectivity index (χ4n) is 1.47. The molecule has 1 N–H and O–H groups in total. The maximum absolute atomic E-state index is 5.49. The van der Waals surface area contributed by atoms with Crippen LogP contribution < -0.4 is 5.32 Å². The van der Waals surface area contributed by atoms with Gasteiger partial charge in [-0.1, -0.05) is 20.8 Å². The smallest absolute Gasteiger partial charge is 0.0775 e. The van der Waals surface area contributed by atoms with E-state index in [2.05, 4.69) is 39.9 Å². The van der Waals surface area contributed by atoms with Crippen LogP contribution in [0.3, 0.4) is 0 Å². The summed E-state index contributed by atoms with van der Waals surface area (Å²) in [4.78, 5) is 0. The largest absolute Gasteiger partial charge is 0.377 e. The van der Waals surface area contributed by atoms with E-state index in [1.807, 2.05) is 0 Å². The average molecular weight is 187 g/mol. The first-order valence-electron chi connectivity index (χ1n) is 5.22.